The summed E-state index contributed by atoms with van der Waals surface area (Å²) in [6, 6.07) is 22.2. The lowest BCUT2D eigenvalue weighted by Gasteiger charge is -2.03. The number of rotatable bonds is 1. The maximum Gasteiger partial charge on any atom is 0.134 e. The van der Waals surface area contributed by atoms with Gasteiger partial charge in [0.15, 0.2) is 0 Å². The minimum atomic E-state index is 0.804. The Kier molecular flexibility index (Phi) is 5.43. The lowest BCUT2D eigenvalue weighted by Crippen LogP contribution is -1.88. The number of hydrogen-bond donors (Lipinski definition) is 0. The average Bonchev–Trinajstić information content (AvgIpc) is 2.67. The molecule has 26 heavy (non-hydrogen) atoms. The summed E-state index contributed by atoms with van der Waals surface area (Å²) >= 11 is 0. The van der Waals surface area contributed by atoms with Gasteiger partial charge in [-0.05, 0) is 67.9 Å². The molecular weight excluding hydrogens is 316 g/mol. The molecule has 0 heterocycles. The van der Waals surface area contributed by atoms with Crippen LogP contribution in [0.15, 0.2) is 66.7 Å². The molecule has 126 valence electrons. The van der Waals surface area contributed by atoms with Crippen LogP contribution in [0.5, 0.6) is 5.75 Å². The Morgan fingerprint density at radius 3 is 1.58 bits per heavy atom. The van der Waals surface area contributed by atoms with Crippen molar-refractivity contribution in [3.63, 3.8) is 0 Å². The molecule has 0 fully saturated rings. The van der Waals surface area contributed by atoms with Crippen molar-refractivity contribution in [3.05, 3.63) is 100 Å². The van der Waals surface area contributed by atoms with E-state index in [1.54, 1.807) is 7.11 Å². The van der Waals surface area contributed by atoms with E-state index in [0.717, 1.165) is 33.6 Å². The molecule has 0 spiro atoms. The summed E-state index contributed by atoms with van der Waals surface area (Å²) in [6.45, 7) is 4.11. The summed E-state index contributed by atoms with van der Waals surface area (Å²) < 4.78 is 5.39. The van der Waals surface area contributed by atoms with Crippen LogP contribution >= 0.6 is 0 Å². The van der Waals surface area contributed by atoms with Crippen LogP contribution in [0.2, 0.25) is 0 Å². The maximum absolute atomic E-state index is 5.39. The molecule has 3 aromatic carbocycles. The molecule has 0 aromatic heterocycles. The average molecular weight is 336 g/mol. The largest absolute Gasteiger partial charge is 0.495 e. The van der Waals surface area contributed by atoms with Gasteiger partial charge in [-0.2, -0.15) is 0 Å². The lowest BCUT2D eigenvalue weighted by atomic mass is 10.1. The molecule has 0 aliphatic heterocycles. The number of ether oxygens (including phenoxy) is 1. The molecule has 0 bridgehead atoms. The molecule has 0 atom stereocenters. The zero-order chi connectivity index (χ0) is 18.4. The van der Waals surface area contributed by atoms with Crippen molar-refractivity contribution in [2.24, 2.45) is 0 Å². The van der Waals surface area contributed by atoms with E-state index < -0.39 is 0 Å². The van der Waals surface area contributed by atoms with E-state index in [2.05, 4.69) is 42.7 Å². The first-order valence-electron chi connectivity index (χ1n) is 8.49. The maximum atomic E-state index is 5.39. The van der Waals surface area contributed by atoms with E-state index >= 15 is 0 Å². The first kappa shape index (κ1) is 17.4. The third-order valence-electron chi connectivity index (χ3n) is 3.99. The van der Waals surface area contributed by atoms with Gasteiger partial charge in [0.2, 0.25) is 0 Å². The monoisotopic (exact) mass is 336 g/mol. The summed E-state index contributed by atoms with van der Waals surface area (Å²) in [7, 11) is 1.67. The molecule has 0 saturated carbocycles. The summed E-state index contributed by atoms with van der Waals surface area (Å²) in [5.74, 6) is 13.5. The minimum absolute atomic E-state index is 0.804. The molecule has 0 unspecified atom stereocenters. The van der Waals surface area contributed by atoms with Crippen LogP contribution in [0.1, 0.15) is 33.4 Å². The predicted octanol–water partition coefficient (Wildman–Crippen LogP) is 5.11. The fourth-order valence-corrected chi connectivity index (χ4v) is 2.46. The second-order valence-corrected chi connectivity index (χ2v) is 6.15. The van der Waals surface area contributed by atoms with Crippen LogP contribution in [-0.4, -0.2) is 7.11 Å². The van der Waals surface area contributed by atoms with Crippen LogP contribution in [0, 0.1) is 37.5 Å². The fourth-order valence-electron chi connectivity index (χ4n) is 2.46. The van der Waals surface area contributed by atoms with E-state index in [0.29, 0.717) is 0 Å². The lowest BCUT2D eigenvalue weighted by molar-refractivity contribution is 0.413. The fraction of sp³-hybridized carbons (Fsp3) is 0.120. The van der Waals surface area contributed by atoms with Gasteiger partial charge >= 0.3 is 0 Å². The number of methoxy groups -OCH3 is 1. The summed E-state index contributed by atoms with van der Waals surface area (Å²) in [5, 5.41) is 0. The zero-order valence-corrected chi connectivity index (χ0v) is 15.3. The predicted molar refractivity (Wildman–Crippen MR) is 107 cm³/mol. The molecule has 0 radical (unpaired) electrons. The Hall–Kier alpha value is -3.42. The third-order valence-corrected chi connectivity index (χ3v) is 3.99. The SMILES string of the molecule is COc1cc(C)ccc1C#Cc1ccc(C#Cc2ccc(C)cc2)cc1. The van der Waals surface area contributed by atoms with Crippen molar-refractivity contribution in [2.45, 2.75) is 13.8 Å². The Labute approximate surface area is 155 Å². The first-order valence-corrected chi connectivity index (χ1v) is 8.49. The Bertz CT molecular complexity index is 1020. The van der Waals surface area contributed by atoms with E-state index in [-0.39, 0.29) is 0 Å². The van der Waals surface area contributed by atoms with Gasteiger partial charge in [0.05, 0.1) is 12.7 Å². The highest BCUT2D eigenvalue weighted by molar-refractivity contribution is 5.52. The summed E-state index contributed by atoms with van der Waals surface area (Å²) in [5.41, 5.74) is 6.23. The van der Waals surface area contributed by atoms with Gasteiger partial charge in [-0.1, -0.05) is 47.4 Å². The van der Waals surface area contributed by atoms with Crippen LogP contribution in [-0.2, 0) is 0 Å². The van der Waals surface area contributed by atoms with E-state index in [1.165, 1.54) is 5.56 Å². The molecule has 3 aromatic rings. The second-order valence-electron chi connectivity index (χ2n) is 6.15. The number of hydrogen-bond acceptors (Lipinski definition) is 1. The van der Waals surface area contributed by atoms with Crippen LogP contribution in [0.25, 0.3) is 0 Å². The quantitative estimate of drug-likeness (QED) is 0.561. The molecule has 0 N–H and O–H groups in total. The Morgan fingerprint density at radius 1 is 0.577 bits per heavy atom. The number of benzene rings is 3. The molecule has 0 amide bonds. The van der Waals surface area contributed by atoms with Crippen LogP contribution in [0.4, 0.5) is 0 Å². The third kappa shape index (κ3) is 4.56. The smallest absolute Gasteiger partial charge is 0.134 e. The van der Waals surface area contributed by atoms with Gasteiger partial charge in [0, 0.05) is 16.7 Å². The van der Waals surface area contributed by atoms with Gasteiger partial charge < -0.3 is 4.74 Å². The van der Waals surface area contributed by atoms with E-state index in [1.807, 2.05) is 61.5 Å². The molecule has 0 aliphatic rings. The van der Waals surface area contributed by atoms with Crippen molar-refractivity contribution in [1.29, 1.82) is 0 Å². The number of aryl methyl sites for hydroxylation is 2. The van der Waals surface area contributed by atoms with Crippen molar-refractivity contribution in [2.75, 3.05) is 7.11 Å². The molecule has 3 rings (SSSR count). The van der Waals surface area contributed by atoms with E-state index in [4.69, 9.17) is 4.74 Å². The van der Waals surface area contributed by atoms with Gasteiger partial charge in [-0.15, -0.1) is 0 Å². The normalized spacial score (nSPS) is 9.50. The second kappa shape index (κ2) is 8.11. The van der Waals surface area contributed by atoms with Crippen molar-refractivity contribution < 1.29 is 4.74 Å². The molecule has 1 heteroatoms. The molecule has 1 nitrogen and oxygen atoms in total. The first-order chi connectivity index (χ1) is 12.6. The van der Waals surface area contributed by atoms with Crippen molar-refractivity contribution in [1.82, 2.24) is 0 Å². The van der Waals surface area contributed by atoms with Crippen LogP contribution < -0.4 is 4.74 Å². The minimum Gasteiger partial charge on any atom is -0.495 e. The highest BCUT2D eigenvalue weighted by atomic mass is 16.5. The van der Waals surface area contributed by atoms with Crippen molar-refractivity contribution in [3.8, 4) is 29.4 Å². The summed E-state index contributed by atoms with van der Waals surface area (Å²) in [6.07, 6.45) is 0. The van der Waals surface area contributed by atoms with Gasteiger partial charge in [-0.25, -0.2) is 0 Å². The van der Waals surface area contributed by atoms with Gasteiger partial charge in [0.1, 0.15) is 5.75 Å². The Balaban J connectivity index is 1.76. The van der Waals surface area contributed by atoms with Gasteiger partial charge in [-0.3, -0.25) is 0 Å². The highest BCUT2D eigenvalue weighted by Gasteiger charge is 1.99. The van der Waals surface area contributed by atoms with Crippen molar-refractivity contribution >= 4 is 0 Å². The van der Waals surface area contributed by atoms with Crippen LogP contribution in [0.3, 0.4) is 0 Å². The standard InChI is InChI=1S/C25H20O/c1-19-4-7-21(8-5-19)9-10-22-11-13-23(14-12-22)15-17-24-16-6-20(2)18-25(24)26-3/h4-8,11-14,16,18H,1-3H3. The molecule has 0 saturated heterocycles. The molecular formula is C25H20O. The Morgan fingerprint density at radius 2 is 1.04 bits per heavy atom. The highest BCUT2D eigenvalue weighted by Crippen LogP contribution is 2.18. The van der Waals surface area contributed by atoms with E-state index in [9.17, 15) is 0 Å². The molecule has 0 aliphatic carbocycles. The summed E-state index contributed by atoms with van der Waals surface area (Å²) in [4.78, 5) is 0. The zero-order valence-electron chi connectivity index (χ0n) is 15.3. The van der Waals surface area contributed by atoms with Gasteiger partial charge in [0.25, 0.3) is 0 Å². The topological polar surface area (TPSA) is 9.23 Å².